The second-order valence-electron chi connectivity index (χ2n) is 6.21. The van der Waals surface area contributed by atoms with Crippen LogP contribution in [0.25, 0.3) is 11.4 Å². The van der Waals surface area contributed by atoms with Crippen LogP contribution >= 0.6 is 11.6 Å². The highest BCUT2D eigenvalue weighted by molar-refractivity contribution is 7.89. The Labute approximate surface area is 151 Å². The van der Waals surface area contributed by atoms with Crippen LogP contribution in [-0.2, 0) is 14.8 Å². The molecule has 1 fully saturated rings. The zero-order valence-corrected chi connectivity index (χ0v) is 15.5. The molecule has 2 heterocycles. The highest BCUT2D eigenvalue weighted by atomic mass is 35.5. The molecule has 0 spiro atoms. The highest BCUT2D eigenvalue weighted by Gasteiger charge is 2.35. The standard InChI is InChI=1S/C16H19ClFN3O3S/c1-20(2)25(22,23)10-11-8-24-9-15(11)21-6-5-19-16(21)13-7-12(18)3-4-14(13)17/h3-7,11,15H,8-10H2,1-2H3/t11-,15+/m0/s1. The van der Waals surface area contributed by atoms with Crippen molar-refractivity contribution in [3.63, 3.8) is 0 Å². The van der Waals surface area contributed by atoms with Gasteiger partial charge in [-0.2, -0.15) is 0 Å². The molecule has 25 heavy (non-hydrogen) atoms. The predicted molar refractivity (Wildman–Crippen MR) is 93.5 cm³/mol. The number of halogens is 2. The minimum absolute atomic E-state index is 0.0286. The molecule has 0 saturated carbocycles. The Kier molecular flexibility index (Phi) is 5.15. The van der Waals surface area contributed by atoms with Gasteiger partial charge in [-0.1, -0.05) is 11.6 Å². The predicted octanol–water partition coefficient (Wildman–Crippen LogP) is 2.42. The Bertz CT molecular complexity index is 869. The zero-order chi connectivity index (χ0) is 18.2. The molecule has 1 aromatic heterocycles. The largest absolute Gasteiger partial charge is 0.379 e. The van der Waals surface area contributed by atoms with E-state index in [-0.39, 0.29) is 17.7 Å². The molecule has 0 aliphatic carbocycles. The maximum Gasteiger partial charge on any atom is 0.214 e. The molecule has 0 radical (unpaired) electrons. The van der Waals surface area contributed by atoms with E-state index in [1.807, 2.05) is 4.57 Å². The molecule has 0 amide bonds. The van der Waals surface area contributed by atoms with Crippen LogP contribution in [0.15, 0.2) is 30.6 Å². The number of hydrogen-bond donors (Lipinski definition) is 0. The van der Waals surface area contributed by atoms with Gasteiger partial charge in [-0.15, -0.1) is 0 Å². The van der Waals surface area contributed by atoms with E-state index in [9.17, 15) is 12.8 Å². The van der Waals surface area contributed by atoms with Gasteiger partial charge < -0.3 is 9.30 Å². The quantitative estimate of drug-likeness (QED) is 0.790. The van der Waals surface area contributed by atoms with Crippen LogP contribution in [0, 0.1) is 11.7 Å². The van der Waals surface area contributed by atoms with Gasteiger partial charge >= 0.3 is 0 Å². The molecule has 9 heteroatoms. The lowest BCUT2D eigenvalue weighted by Gasteiger charge is -2.23. The minimum Gasteiger partial charge on any atom is -0.379 e. The van der Waals surface area contributed by atoms with Crippen LogP contribution in [0.3, 0.4) is 0 Å². The number of sulfonamides is 1. The lowest BCUT2D eigenvalue weighted by atomic mass is 10.1. The summed E-state index contributed by atoms with van der Waals surface area (Å²) in [5, 5.41) is 0.380. The average molecular weight is 388 g/mol. The van der Waals surface area contributed by atoms with Crippen molar-refractivity contribution in [3.8, 4) is 11.4 Å². The molecule has 0 N–H and O–H groups in total. The number of benzene rings is 1. The van der Waals surface area contributed by atoms with E-state index in [4.69, 9.17) is 16.3 Å². The zero-order valence-electron chi connectivity index (χ0n) is 13.9. The van der Waals surface area contributed by atoms with Crippen molar-refractivity contribution in [2.75, 3.05) is 33.1 Å². The lowest BCUT2D eigenvalue weighted by Crippen LogP contribution is -2.32. The van der Waals surface area contributed by atoms with Crippen molar-refractivity contribution in [1.29, 1.82) is 0 Å². The fraction of sp³-hybridized carbons (Fsp3) is 0.438. The van der Waals surface area contributed by atoms with Crippen molar-refractivity contribution >= 4 is 21.6 Å². The normalized spacial score (nSPS) is 21.2. The van der Waals surface area contributed by atoms with Crippen LogP contribution in [0.4, 0.5) is 4.39 Å². The minimum atomic E-state index is -3.36. The van der Waals surface area contributed by atoms with Gasteiger partial charge in [0.25, 0.3) is 0 Å². The highest BCUT2D eigenvalue weighted by Crippen LogP contribution is 2.34. The Hall–Kier alpha value is -1.48. The van der Waals surface area contributed by atoms with Gasteiger partial charge in [-0.3, -0.25) is 0 Å². The Morgan fingerprint density at radius 1 is 1.40 bits per heavy atom. The van der Waals surface area contributed by atoms with E-state index >= 15 is 0 Å². The molecule has 0 bridgehead atoms. The van der Waals surface area contributed by atoms with Crippen LogP contribution in [-0.4, -0.2) is 55.3 Å². The molecule has 1 aromatic carbocycles. The molecular formula is C16H19ClFN3O3S. The summed E-state index contributed by atoms with van der Waals surface area (Å²) in [6, 6.07) is 3.86. The van der Waals surface area contributed by atoms with Gasteiger partial charge in [0.2, 0.25) is 10.0 Å². The van der Waals surface area contributed by atoms with Gasteiger partial charge in [-0.05, 0) is 18.2 Å². The molecule has 1 saturated heterocycles. The van der Waals surface area contributed by atoms with E-state index in [1.165, 1.54) is 36.6 Å². The molecule has 0 unspecified atom stereocenters. The molecule has 2 atom stereocenters. The van der Waals surface area contributed by atoms with Crippen LogP contribution in [0.5, 0.6) is 0 Å². The van der Waals surface area contributed by atoms with Gasteiger partial charge in [0.1, 0.15) is 11.6 Å². The van der Waals surface area contributed by atoms with Crippen molar-refractivity contribution in [3.05, 3.63) is 41.4 Å². The van der Waals surface area contributed by atoms with E-state index in [0.717, 1.165) is 0 Å². The van der Waals surface area contributed by atoms with Crippen molar-refractivity contribution in [1.82, 2.24) is 13.9 Å². The number of imidazole rings is 1. The maximum atomic E-state index is 13.6. The van der Waals surface area contributed by atoms with Crippen molar-refractivity contribution < 1.29 is 17.5 Å². The molecule has 1 aliphatic rings. The van der Waals surface area contributed by atoms with Gasteiger partial charge in [-0.25, -0.2) is 22.1 Å². The number of aromatic nitrogens is 2. The fourth-order valence-electron chi connectivity index (χ4n) is 2.93. The summed E-state index contributed by atoms with van der Waals surface area (Å²) in [5.74, 6) is -0.178. The second kappa shape index (κ2) is 7.03. The van der Waals surface area contributed by atoms with Crippen molar-refractivity contribution in [2.45, 2.75) is 6.04 Å². The summed E-state index contributed by atoms with van der Waals surface area (Å²) in [4.78, 5) is 4.30. The summed E-state index contributed by atoms with van der Waals surface area (Å²) < 4.78 is 46.6. The van der Waals surface area contributed by atoms with Crippen molar-refractivity contribution in [2.24, 2.45) is 5.92 Å². The first-order valence-corrected chi connectivity index (χ1v) is 9.74. The number of rotatable bonds is 5. The Morgan fingerprint density at radius 2 is 2.16 bits per heavy atom. The third-order valence-corrected chi connectivity index (χ3v) is 6.63. The molecule has 3 rings (SSSR count). The third-order valence-electron chi connectivity index (χ3n) is 4.34. The number of nitrogens with zero attached hydrogens (tertiary/aromatic N) is 3. The second-order valence-corrected chi connectivity index (χ2v) is 8.84. The lowest BCUT2D eigenvalue weighted by molar-refractivity contribution is 0.182. The summed E-state index contributed by atoms with van der Waals surface area (Å²) in [7, 11) is -0.346. The Morgan fingerprint density at radius 3 is 2.88 bits per heavy atom. The first-order valence-electron chi connectivity index (χ1n) is 7.76. The van der Waals surface area contributed by atoms with E-state index < -0.39 is 15.8 Å². The average Bonchev–Trinajstić information content (AvgIpc) is 3.17. The van der Waals surface area contributed by atoms with Gasteiger partial charge in [0.15, 0.2) is 0 Å². The number of hydrogen-bond acceptors (Lipinski definition) is 4. The van der Waals surface area contributed by atoms with Gasteiger partial charge in [0.05, 0.1) is 30.0 Å². The summed E-state index contributed by atoms with van der Waals surface area (Å²) >= 11 is 6.20. The third kappa shape index (κ3) is 3.72. The molecule has 136 valence electrons. The molecular weight excluding hydrogens is 369 g/mol. The smallest absolute Gasteiger partial charge is 0.214 e. The van der Waals surface area contributed by atoms with E-state index in [1.54, 1.807) is 12.4 Å². The fourth-order valence-corrected chi connectivity index (χ4v) is 4.29. The monoisotopic (exact) mass is 387 g/mol. The summed E-state index contributed by atoms with van der Waals surface area (Å²) in [6.07, 6.45) is 3.33. The first kappa shape index (κ1) is 18.3. The maximum absolute atomic E-state index is 13.6. The molecule has 2 aromatic rings. The number of ether oxygens (including phenoxy) is 1. The van der Waals surface area contributed by atoms with Gasteiger partial charge in [0, 0.05) is 38.0 Å². The van der Waals surface area contributed by atoms with Crippen LogP contribution in [0.2, 0.25) is 5.02 Å². The van der Waals surface area contributed by atoms with Crippen LogP contribution < -0.4 is 0 Å². The molecule has 6 nitrogen and oxygen atoms in total. The molecule has 1 aliphatic heterocycles. The summed E-state index contributed by atoms with van der Waals surface area (Å²) in [5.41, 5.74) is 0.466. The van der Waals surface area contributed by atoms with E-state index in [2.05, 4.69) is 4.98 Å². The van der Waals surface area contributed by atoms with Crippen LogP contribution in [0.1, 0.15) is 6.04 Å². The summed E-state index contributed by atoms with van der Waals surface area (Å²) in [6.45, 7) is 0.705. The Balaban J connectivity index is 1.95. The first-order chi connectivity index (χ1) is 11.8. The topological polar surface area (TPSA) is 64.4 Å². The SMILES string of the molecule is CN(C)S(=O)(=O)C[C@@H]1COC[C@H]1n1ccnc1-c1cc(F)ccc1Cl. The van der Waals surface area contributed by atoms with E-state index in [0.29, 0.717) is 29.6 Å².